The second-order valence-corrected chi connectivity index (χ2v) is 7.09. The molecule has 124 valence electrons. The van der Waals surface area contributed by atoms with Crippen molar-refractivity contribution in [2.45, 2.75) is 50.1 Å². The summed E-state index contributed by atoms with van der Waals surface area (Å²) in [6, 6.07) is 1.95. The van der Waals surface area contributed by atoms with Crippen LogP contribution in [0.3, 0.4) is 0 Å². The van der Waals surface area contributed by atoms with E-state index in [9.17, 15) is 4.79 Å². The Labute approximate surface area is 139 Å². The standard InChI is InChI=1S/C15H21N5O2S/c1-9-7-10(2)20-14(17-9)18-15(19-20)23-11(3)13(21)16-8-12-5-4-6-22-12/h7,11-12H,4-6,8H2,1-3H3,(H,16,21)/t11-,12-/m1/s1. The summed E-state index contributed by atoms with van der Waals surface area (Å²) in [5.41, 5.74) is 1.88. The monoisotopic (exact) mass is 335 g/mol. The predicted molar refractivity (Wildman–Crippen MR) is 87.6 cm³/mol. The van der Waals surface area contributed by atoms with Gasteiger partial charge in [-0.05, 0) is 39.7 Å². The number of fused-ring (bicyclic) bond motifs is 1. The molecule has 0 aliphatic carbocycles. The van der Waals surface area contributed by atoms with Gasteiger partial charge < -0.3 is 10.1 Å². The van der Waals surface area contributed by atoms with Crippen LogP contribution in [0.2, 0.25) is 0 Å². The van der Waals surface area contributed by atoms with Gasteiger partial charge >= 0.3 is 0 Å². The van der Waals surface area contributed by atoms with Gasteiger partial charge in [0.2, 0.25) is 11.1 Å². The fraction of sp³-hybridized carbons (Fsp3) is 0.600. The molecule has 0 saturated carbocycles. The molecule has 0 aromatic carbocycles. The first-order chi connectivity index (χ1) is 11.0. The molecule has 2 aromatic rings. The van der Waals surface area contributed by atoms with Crippen LogP contribution < -0.4 is 5.32 Å². The fourth-order valence-electron chi connectivity index (χ4n) is 2.57. The van der Waals surface area contributed by atoms with E-state index in [0.29, 0.717) is 17.5 Å². The highest BCUT2D eigenvalue weighted by molar-refractivity contribution is 8.00. The van der Waals surface area contributed by atoms with Crippen molar-refractivity contribution >= 4 is 23.4 Å². The van der Waals surface area contributed by atoms with E-state index >= 15 is 0 Å². The minimum atomic E-state index is -0.268. The molecule has 1 amide bonds. The molecular weight excluding hydrogens is 314 g/mol. The number of thioether (sulfide) groups is 1. The molecular formula is C15H21N5O2S. The van der Waals surface area contributed by atoms with Crippen molar-refractivity contribution in [3.05, 3.63) is 17.5 Å². The maximum atomic E-state index is 12.2. The van der Waals surface area contributed by atoms with Crippen molar-refractivity contribution in [1.82, 2.24) is 24.9 Å². The number of hydrogen-bond donors (Lipinski definition) is 1. The number of aromatic nitrogens is 4. The van der Waals surface area contributed by atoms with Crippen LogP contribution in [0.1, 0.15) is 31.2 Å². The van der Waals surface area contributed by atoms with Crippen LogP contribution in [-0.2, 0) is 9.53 Å². The van der Waals surface area contributed by atoms with Crippen LogP contribution >= 0.6 is 11.8 Å². The number of hydrogen-bond acceptors (Lipinski definition) is 6. The predicted octanol–water partition coefficient (Wildman–Crippen LogP) is 1.52. The molecule has 23 heavy (non-hydrogen) atoms. The van der Waals surface area contributed by atoms with E-state index in [2.05, 4.69) is 20.4 Å². The second-order valence-electron chi connectivity index (χ2n) is 5.79. The Bertz CT molecular complexity index is 711. The molecule has 1 saturated heterocycles. The summed E-state index contributed by atoms with van der Waals surface area (Å²) in [6.07, 6.45) is 2.24. The van der Waals surface area contributed by atoms with Crippen LogP contribution in [0, 0.1) is 13.8 Å². The zero-order valence-electron chi connectivity index (χ0n) is 13.6. The number of rotatable bonds is 5. The van der Waals surface area contributed by atoms with Crippen LogP contribution in [0.5, 0.6) is 0 Å². The average Bonchev–Trinajstić information content (AvgIpc) is 3.13. The molecule has 0 radical (unpaired) electrons. The summed E-state index contributed by atoms with van der Waals surface area (Å²) in [6.45, 7) is 7.11. The van der Waals surface area contributed by atoms with Crippen molar-refractivity contribution in [2.24, 2.45) is 0 Å². The quantitative estimate of drug-likeness (QED) is 0.834. The van der Waals surface area contributed by atoms with Crippen LogP contribution in [0.25, 0.3) is 5.78 Å². The van der Waals surface area contributed by atoms with Crippen molar-refractivity contribution in [3.63, 3.8) is 0 Å². The first kappa shape index (κ1) is 16.2. The van der Waals surface area contributed by atoms with Gasteiger partial charge in [-0.2, -0.15) is 4.98 Å². The zero-order chi connectivity index (χ0) is 16.4. The molecule has 3 rings (SSSR count). The van der Waals surface area contributed by atoms with Crippen LogP contribution in [0.4, 0.5) is 0 Å². The number of ether oxygens (including phenoxy) is 1. The molecule has 0 bridgehead atoms. The molecule has 1 fully saturated rings. The number of nitrogens with one attached hydrogen (secondary N) is 1. The van der Waals surface area contributed by atoms with E-state index in [1.807, 2.05) is 26.8 Å². The molecule has 3 heterocycles. The maximum Gasteiger partial charge on any atom is 0.253 e. The Morgan fingerprint density at radius 3 is 3.09 bits per heavy atom. The smallest absolute Gasteiger partial charge is 0.253 e. The fourth-order valence-corrected chi connectivity index (χ4v) is 3.34. The van der Waals surface area contributed by atoms with Gasteiger partial charge in [0.15, 0.2) is 0 Å². The summed E-state index contributed by atoms with van der Waals surface area (Å²) < 4.78 is 7.21. The Morgan fingerprint density at radius 1 is 1.52 bits per heavy atom. The van der Waals surface area contributed by atoms with Gasteiger partial charge in [-0.15, -0.1) is 5.10 Å². The summed E-state index contributed by atoms with van der Waals surface area (Å²) in [5, 5.41) is 7.64. The third-order valence-electron chi connectivity index (χ3n) is 3.78. The van der Waals surface area contributed by atoms with Crippen LogP contribution in [-0.4, -0.2) is 50.0 Å². The normalized spacial score (nSPS) is 19.2. The van der Waals surface area contributed by atoms with Gasteiger partial charge in [0.25, 0.3) is 5.78 Å². The highest BCUT2D eigenvalue weighted by Crippen LogP contribution is 2.21. The van der Waals surface area contributed by atoms with Gasteiger partial charge in [-0.3, -0.25) is 4.79 Å². The van der Waals surface area contributed by atoms with Crippen molar-refractivity contribution in [2.75, 3.05) is 13.2 Å². The minimum absolute atomic E-state index is 0.0229. The summed E-state index contributed by atoms with van der Waals surface area (Å²) in [5.74, 6) is 0.544. The second kappa shape index (κ2) is 6.84. The highest BCUT2D eigenvalue weighted by Gasteiger charge is 2.21. The lowest BCUT2D eigenvalue weighted by Gasteiger charge is -2.13. The number of carbonyl (C=O) groups is 1. The maximum absolute atomic E-state index is 12.2. The lowest BCUT2D eigenvalue weighted by Crippen LogP contribution is -2.36. The largest absolute Gasteiger partial charge is 0.376 e. The topological polar surface area (TPSA) is 81.4 Å². The van der Waals surface area contributed by atoms with E-state index < -0.39 is 0 Å². The molecule has 1 N–H and O–H groups in total. The minimum Gasteiger partial charge on any atom is -0.376 e. The molecule has 8 heteroatoms. The summed E-state index contributed by atoms with van der Waals surface area (Å²) in [4.78, 5) is 20.9. The first-order valence-electron chi connectivity index (χ1n) is 7.80. The number of aryl methyl sites for hydroxylation is 2. The molecule has 0 spiro atoms. The number of nitrogens with zero attached hydrogens (tertiary/aromatic N) is 4. The lowest BCUT2D eigenvalue weighted by atomic mass is 10.2. The number of carbonyl (C=O) groups excluding carboxylic acids is 1. The molecule has 1 aliphatic rings. The Kier molecular flexibility index (Phi) is 4.82. The zero-order valence-corrected chi connectivity index (χ0v) is 14.4. The van der Waals surface area contributed by atoms with E-state index in [-0.39, 0.29) is 17.3 Å². The van der Waals surface area contributed by atoms with E-state index in [1.54, 1.807) is 4.52 Å². The average molecular weight is 335 g/mol. The Morgan fingerprint density at radius 2 is 2.35 bits per heavy atom. The Hall–Kier alpha value is -1.67. The molecule has 2 aromatic heterocycles. The summed E-state index contributed by atoms with van der Waals surface area (Å²) >= 11 is 1.34. The molecule has 2 atom stereocenters. The SMILES string of the molecule is Cc1cc(C)n2nc(S[C@H](C)C(=O)NC[C@H]3CCCO3)nc2n1. The van der Waals surface area contributed by atoms with Gasteiger partial charge in [-0.25, -0.2) is 9.50 Å². The van der Waals surface area contributed by atoms with Gasteiger partial charge in [0.05, 0.1) is 11.4 Å². The highest BCUT2D eigenvalue weighted by atomic mass is 32.2. The molecule has 7 nitrogen and oxygen atoms in total. The van der Waals surface area contributed by atoms with E-state index in [1.165, 1.54) is 11.8 Å². The summed E-state index contributed by atoms with van der Waals surface area (Å²) in [7, 11) is 0. The van der Waals surface area contributed by atoms with Crippen molar-refractivity contribution in [1.29, 1.82) is 0 Å². The van der Waals surface area contributed by atoms with Crippen molar-refractivity contribution < 1.29 is 9.53 Å². The molecule has 1 aliphatic heterocycles. The van der Waals surface area contributed by atoms with E-state index in [4.69, 9.17) is 4.74 Å². The Balaban J connectivity index is 1.61. The number of amides is 1. The van der Waals surface area contributed by atoms with Gasteiger partial charge in [0.1, 0.15) is 0 Å². The van der Waals surface area contributed by atoms with Gasteiger partial charge in [-0.1, -0.05) is 11.8 Å². The van der Waals surface area contributed by atoms with Crippen LogP contribution in [0.15, 0.2) is 11.2 Å². The molecule has 0 unspecified atom stereocenters. The lowest BCUT2D eigenvalue weighted by molar-refractivity contribution is -0.120. The first-order valence-corrected chi connectivity index (χ1v) is 8.68. The van der Waals surface area contributed by atoms with Gasteiger partial charge in [0, 0.05) is 24.5 Å². The third kappa shape index (κ3) is 3.81. The van der Waals surface area contributed by atoms with Crippen molar-refractivity contribution in [3.8, 4) is 0 Å². The third-order valence-corrected chi connectivity index (χ3v) is 4.73. The van der Waals surface area contributed by atoms with E-state index in [0.717, 1.165) is 30.8 Å².